The van der Waals surface area contributed by atoms with Crippen LogP contribution < -0.4 is 0 Å². The number of benzene rings is 1. The summed E-state index contributed by atoms with van der Waals surface area (Å²) >= 11 is 0. The highest BCUT2D eigenvalue weighted by atomic mass is 16.1. The lowest BCUT2D eigenvalue weighted by atomic mass is 9.97. The molecule has 0 saturated carbocycles. The van der Waals surface area contributed by atoms with Gasteiger partial charge in [0.05, 0.1) is 0 Å². The Morgan fingerprint density at radius 2 is 1.75 bits per heavy atom. The summed E-state index contributed by atoms with van der Waals surface area (Å²) in [6, 6.07) is 13.9. The third kappa shape index (κ3) is 2.60. The average Bonchev–Trinajstić information content (AvgIpc) is 2.84. The molecule has 0 aliphatic carbocycles. The number of carbonyl (C=O) groups excluding carboxylic acids is 1. The third-order valence-corrected chi connectivity index (χ3v) is 2.76. The zero-order valence-corrected chi connectivity index (χ0v) is 9.12. The zero-order chi connectivity index (χ0) is 11.2. The molecule has 1 aromatic heterocycles. The van der Waals surface area contributed by atoms with Crippen LogP contribution in [-0.2, 0) is 11.3 Å². The van der Waals surface area contributed by atoms with Crippen LogP contribution in [0.3, 0.4) is 0 Å². The quantitative estimate of drug-likeness (QED) is 0.700. The van der Waals surface area contributed by atoms with Crippen LogP contribution in [0.25, 0.3) is 0 Å². The van der Waals surface area contributed by atoms with Crippen molar-refractivity contribution in [2.24, 2.45) is 0 Å². The molecule has 0 aliphatic heterocycles. The topological polar surface area (TPSA) is 22.0 Å². The van der Waals surface area contributed by atoms with E-state index >= 15 is 0 Å². The van der Waals surface area contributed by atoms with Crippen molar-refractivity contribution in [1.82, 2.24) is 4.57 Å². The number of aldehydes is 1. The van der Waals surface area contributed by atoms with E-state index in [2.05, 4.69) is 4.57 Å². The largest absolute Gasteiger partial charge is 0.354 e. The Morgan fingerprint density at radius 1 is 1.06 bits per heavy atom. The SMILES string of the molecule is O=CC(CCn1cccc1)c1ccccc1. The first-order valence-electron chi connectivity index (χ1n) is 5.51. The normalized spacial score (nSPS) is 12.2. The average molecular weight is 213 g/mol. The molecule has 0 fully saturated rings. The molecule has 0 amide bonds. The second-order valence-corrected chi connectivity index (χ2v) is 3.86. The molecule has 1 aromatic carbocycles. The summed E-state index contributed by atoms with van der Waals surface area (Å²) in [5.41, 5.74) is 1.10. The van der Waals surface area contributed by atoms with E-state index in [1.165, 1.54) is 0 Å². The highest BCUT2D eigenvalue weighted by Crippen LogP contribution is 2.17. The predicted molar refractivity (Wildman–Crippen MR) is 64.3 cm³/mol. The van der Waals surface area contributed by atoms with Crippen molar-refractivity contribution >= 4 is 6.29 Å². The van der Waals surface area contributed by atoms with Crippen molar-refractivity contribution in [2.75, 3.05) is 0 Å². The van der Waals surface area contributed by atoms with Crippen LogP contribution in [-0.4, -0.2) is 10.9 Å². The van der Waals surface area contributed by atoms with Gasteiger partial charge in [-0.15, -0.1) is 0 Å². The standard InChI is InChI=1S/C14H15NO/c16-12-14(13-6-2-1-3-7-13)8-11-15-9-4-5-10-15/h1-7,9-10,12,14H,8,11H2. The molecule has 1 unspecified atom stereocenters. The van der Waals surface area contributed by atoms with Gasteiger partial charge in [-0.3, -0.25) is 0 Å². The van der Waals surface area contributed by atoms with E-state index < -0.39 is 0 Å². The van der Waals surface area contributed by atoms with Gasteiger partial charge in [-0.1, -0.05) is 30.3 Å². The minimum atomic E-state index is 0.00333. The lowest BCUT2D eigenvalue weighted by molar-refractivity contribution is -0.109. The Labute approximate surface area is 95.5 Å². The monoisotopic (exact) mass is 213 g/mol. The molecular weight excluding hydrogens is 198 g/mol. The van der Waals surface area contributed by atoms with E-state index in [1.807, 2.05) is 54.9 Å². The van der Waals surface area contributed by atoms with Gasteiger partial charge in [0.2, 0.25) is 0 Å². The van der Waals surface area contributed by atoms with Gasteiger partial charge in [0.1, 0.15) is 6.29 Å². The molecule has 0 bridgehead atoms. The van der Waals surface area contributed by atoms with Crippen LogP contribution in [0, 0.1) is 0 Å². The predicted octanol–water partition coefficient (Wildman–Crippen LogP) is 2.86. The first kappa shape index (κ1) is 10.7. The third-order valence-electron chi connectivity index (χ3n) is 2.76. The Hall–Kier alpha value is -1.83. The van der Waals surface area contributed by atoms with Gasteiger partial charge in [0.15, 0.2) is 0 Å². The van der Waals surface area contributed by atoms with Gasteiger partial charge in [-0.25, -0.2) is 0 Å². The summed E-state index contributed by atoms with van der Waals surface area (Å²) in [5, 5.41) is 0. The minimum Gasteiger partial charge on any atom is -0.354 e. The highest BCUT2D eigenvalue weighted by Gasteiger charge is 2.09. The maximum Gasteiger partial charge on any atom is 0.127 e. The molecule has 2 aromatic rings. The van der Waals surface area contributed by atoms with Crippen molar-refractivity contribution < 1.29 is 4.79 Å². The van der Waals surface area contributed by atoms with Crippen molar-refractivity contribution in [3.05, 3.63) is 60.4 Å². The second-order valence-electron chi connectivity index (χ2n) is 3.86. The van der Waals surface area contributed by atoms with Crippen molar-refractivity contribution in [3.8, 4) is 0 Å². The van der Waals surface area contributed by atoms with Crippen molar-refractivity contribution in [1.29, 1.82) is 0 Å². The molecule has 2 heteroatoms. The van der Waals surface area contributed by atoms with E-state index in [0.717, 1.165) is 24.8 Å². The molecule has 82 valence electrons. The number of rotatable bonds is 5. The van der Waals surface area contributed by atoms with Crippen LogP contribution >= 0.6 is 0 Å². The first-order chi connectivity index (χ1) is 7.90. The van der Waals surface area contributed by atoms with E-state index in [9.17, 15) is 4.79 Å². The summed E-state index contributed by atoms with van der Waals surface area (Å²) in [4.78, 5) is 11.1. The van der Waals surface area contributed by atoms with Crippen molar-refractivity contribution in [3.63, 3.8) is 0 Å². The summed E-state index contributed by atoms with van der Waals surface area (Å²) in [6.45, 7) is 0.880. The molecule has 2 rings (SSSR count). The molecule has 0 spiro atoms. The van der Waals surface area contributed by atoms with Crippen LogP contribution in [0.1, 0.15) is 17.9 Å². The summed E-state index contributed by atoms with van der Waals surface area (Å²) in [5.74, 6) is 0.00333. The Bertz CT molecular complexity index is 419. The number of aryl methyl sites for hydroxylation is 1. The smallest absolute Gasteiger partial charge is 0.127 e. The van der Waals surface area contributed by atoms with Gasteiger partial charge in [0, 0.05) is 24.9 Å². The van der Waals surface area contributed by atoms with Crippen molar-refractivity contribution in [2.45, 2.75) is 18.9 Å². The van der Waals surface area contributed by atoms with Gasteiger partial charge in [-0.05, 0) is 24.1 Å². The lowest BCUT2D eigenvalue weighted by Gasteiger charge is -2.10. The number of aromatic nitrogens is 1. The molecule has 0 saturated heterocycles. The lowest BCUT2D eigenvalue weighted by Crippen LogP contribution is -2.05. The molecule has 16 heavy (non-hydrogen) atoms. The fraction of sp³-hybridized carbons (Fsp3) is 0.214. The van der Waals surface area contributed by atoms with Gasteiger partial charge < -0.3 is 9.36 Å². The fourth-order valence-corrected chi connectivity index (χ4v) is 1.82. The Balaban J connectivity index is 1.99. The van der Waals surface area contributed by atoms with E-state index in [0.29, 0.717) is 0 Å². The molecule has 0 aliphatic rings. The first-order valence-corrected chi connectivity index (χ1v) is 5.51. The second kappa shape index (κ2) is 5.31. The maximum atomic E-state index is 11.1. The highest BCUT2D eigenvalue weighted by molar-refractivity contribution is 5.61. The number of hydrogen-bond acceptors (Lipinski definition) is 1. The molecular formula is C14H15NO. The fourth-order valence-electron chi connectivity index (χ4n) is 1.82. The number of nitrogens with zero attached hydrogens (tertiary/aromatic N) is 1. The Kier molecular flexibility index (Phi) is 3.54. The summed E-state index contributed by atoms with van der Waals surface area (Å²) < 4.78 is 2.10. The van der Waals surface area contributed by atoms with Crippen LogP contribution in [0.5, 0.6) is 0 Å². The molecule has 1 atom stereocenters. The molecule has 0 N–H and O–H groups in total. The number of hydrogen-bond donors (Lipinski definition) is 0. The van der Waals surface area contributed by atoms with Gasteiger partial charge >= 0.3 is 0 Å². The van der Waals surface area contributed by atoms with Gasteiger partial charge in [-0.2, -0.15) is 0 Å². The Morgan fingerprint density at radius 3 is 2.38 bits per heavy atom. The summed E-state index contributed by atoms with van der Waals surface area (Å²) in [7, 11) is 0. The minimum absolute atomic E-state index is 0.00333. The van der Waals surface area contributed by atoms with Crippen LogP contribution in [0.2, 0.25) is 0 Å². The molecule has 0 radical (unpaired) electrons. The zero-order valence-electron chi connectivity index (χ0n) is 9.12. The molecule has 2 nitrogen and oxygen atoms in total. The van der Waals surface area contributed by atoms with E-state index in [4.69, 9.17) is 0 Å². The van der Waals surface area contributed by atoms with Gasteiger partial charge in [0.25, 0.3) is 0 Å². The van der Waals surface area contributed by atoms with E-state index in [-0.39, 0.29) is 5.92 Å². The van der Waals surface area contributed by atoms with Crippen LogP contribution in [0.15, 0.2) is 54.9 Å². The summed E-state index contributed by atoms with van der Waals surface area (Å²) in [6.07, 6.45) is 5.93. The number of carbonyl (C=O) groups is 1. The maximum absolute atomic E-state index is 11.1. The molecule has 1 heterocycles. The van der Waals surface area contributed by atoms with Crippen LogP contribution in [0.4, 0.5) is 0 Å². The van der Waals surface area contributed by atoms with E-state index in [1.54, 1.807) is 0 Å².